The molecule has 0 radical (unpaired) electrons. The Kier molecular flexibility index (Phi) is 6.18. The molecule has 1 N–H and O–H groups in total. The summed E-state index contributed by atoms with van der Waals surface area (Å²) < 4.78 is 5.00. The molecule has 16 heavy (non-hydrogen) atoms. The van der Waals surface area contributed by atoms with Gasteiger partial charge in [-0.2, -0.15) is 0 Å². The van der Waals surface area contributed by atoms with Gasteiger partial charge >= 0.3 is 5.97 Å². The van der Waals surface area contributed by atoms with Crippen molar-refractivity contribution in [2.24, 2.45) is 0 Å². The molecule has 0 aliphatic rings. The summed E-state index contributed by atoms with van der Waals surface area (Å²) in [5, 5.41) is 2.99. The van der Waals surface area contributed by atoms with E-state index in [9.17, 15) is 4.79 Å². The van der Waals surface area contributed by atoms with Gasteiger partial charge in [-0.3, -0.25) is 9.78 Å². The largest absolute Gasteiger partial charge is 0.465 e. The van der Waals surface area contributed by atoms with Gasteiger partial charge in [-0.1, -0.05) is 19.4 Å². The van der Waals surface area contributed by atoms with Gasteiger partial charge < -0.3 is 10.1 Å². The summed E-state index contributed by atoms with van der Waals surface area (Å²) in [5.74, 6) is -0.204. The van der Waals surface area contributed by atoms with Crippen LogP contribution in [0, 0.1) is 0 Å². The fourth-order valence-electron chi connectivity index (χ4n) is 1.18. The van der Waals surface area contributed by atoms with E-state index in [1.54, 1.807) is 6.20 Å². The lowest BCUT2D eigenvalue weighted by molar-refractivity contribution is -0.142. The zero-order valence-electron chi connectivity index (χ0n) is 9.61. The predicted octanol–water partition coefficient (Wildman–Crippen LogP) is 1.51. The highest BCUT2D eigenvalue weighted by atomic mass is 16.5. The minimum Gasteiger partial charge on any atom is -0.465 e. The Labute approximate surface area is 96.0 Å². The van der Waals surface area contributed by atoms with E-state index >= 15 is 0 Å². The van der Waals surface area contributed by atoms with E-state index in [4.69, 9.17) is 4.74 Å². The number of carbonyl (C=O) groups is 1. The van der Waals surface area contributed by atoms with E-state index in [0.29, 0.717) is 13.2 Å². The first-order valence-corrected chi connectivity index (χ1v) is 5.59. The van der Waals surface area contributed by atoms with E-state index in [1.165, 1.54) is 0 Å². The summed E-state index contributed by atoms with van der Waals surface area (Å²) >= 11 is 0. The van der Waals surface area contributed by atoms with Crippen LogP contribution >= 0.6 is 0 Å². The van der Waals surface area contributed by atoms with Gasteiger partial charge in [0, 0.05) is 12.7 Å². The van der Waals surface area contributed by atoms with Crippen molar-refractivity contribution < 1.29 is 9.53 Å². The van der Waals surface area contributed by atoms with E-state index in [2.05, 4.69) is 17.2 Å². The second kappa shape index (κ2) is 7.82. The third-order valence-corrected chi connectivity index (χ3v) is 2.06. The molecule has 4 heteroatoms. The third kappa shape index (κ3) is 5.46. The van der Waals surface area contributed by atoms with Crippen LogP contribution in [0.4, 0.5) is 0 Å². The van der Waals surface area contributed by atoms with Crippen LogP contribution < -0.4 is 5.32 Å². The first-order valence-electron chi connectivity index (χ1n) is 5.59. The van der Waals surface area contributed by atoms with Gasteiger partial charge in [0.15, 0.2) is 0 Å². The number of aromatic nitrogens is 1. The molecule has 0 aliphatic carbocycles. The number of nitrogens with zero attached hydrogens (tertiary/aromatic N) is 1. The zero-order chi connectivity index (χ0) is 11.6. The predicted molar refractivity (Wildman–Crippen MR) is 61.8 cm³/mol. The molecule has 0 atom stereocenters. The van der Waals surface area contributed by atoms with Crippen molar-refractivity contribution in [3.8, 4) is 0 Å². The number of carbonyl (C=O) groups excluding carboxylic acids is 1. The number of pyridine rings is 1. The minimum atomic E-state index is -0.204. The molecule has 0 bridgehead atoms. The summed E-state index contributed by atoms with van der Waals surface area (Å²) in [4.78, 5) is 15.3. The van der Waals surface area contributed by atoms with Crippen LogP contribution in [0.5, 0.6) is 0 Å². The van der Waals surface area contributed by atoms with E-state index in [-0.39, 0.29) is 12.5 Å². The summed E-state index contributed by atoms with van der Waals surface area (Å²) in [6.07, 6.45) is 3.69. The van der Waals surface area contributed by atoms with Crippen LogP contribution in [-0.4, -0.2) is 24.1 Å². The number of unbranched alkanes of at least 4 members (excludes halogenated alkanes) is 1. The van der Waals surface area contributed by atoms with E-state index < -0.39 is 0 Å². The SMILES string of the molecule is CCCCOC(=O)CNCc1ccccn1. The normalized spacial score (nSPS) is 10.1. The Morgan fingerprint density at radius 1 is 1.50 bits per heavy atom. The van der Waals surface area contributed by atoms with Crippen molar-refractivity contribution in [1.82, 2.24) is 10.3 Å². The Bertz CT molecular complexity index is 301. The number of rotatable bonds is 7. The topological polar surface area (TPSA) is 51.2 Å². The van der Waals surface area contributed by atoms with Crippen LogP contribution in [0.25, 0.3) is 0 Å². The third-order valence-electron chi connectivity index (χ3n) is 2.06. The fourth-order valence-corrected chi connectivity index (χ4v) is 1.18. The standard InChI is InChI=1S/C12H18N2O2/c1-2-3-8-16-12(15)10-13-9-11-6-4-5-7-14-11/h4-7,13H,2-3,8-10H2,1H3. The Hall–Kier alpha value is -1.42. The molecule has 1 aromatic heterocycles. The average Bonchev–Trinajstić information content (AvgIpc) is 2.31. The van der Waals surface area contributed by atoms with Crippen LogP contribution in [0.2, 0.25) is 0 Å². The summed E-state index contributed by atoms with van der Waals surface area (Å²) in [6, 6.07) is 5.70. The summed E-state index contributed by atoms with van der Waals surface area (Å²) in [7, 11) is 0. The second-order valence-electron chi connectivity index (χ2n) is 3.50. The highest BCUT2D eigenvalue weighted by Crippen LogP contribution is 1.92. The molecule has 4 nitrogen and oxygen atoms in total. The van der Waals surface area contributed by atoms with Gasteiger partial charge in [0.25, 0.3) is 0 Å². The van der Waals surface area contributed by atoms with Gasteiger partial charge in [0.1, 0.15) is 0 Å². The molecular formula is C12H18N2O2. The number of hydrogen-bond donors (Lipinski definition) is 1. The van der Waals surface area contributed by atoms with Crippen LogP contribution in [0.3, 0.4) is 0 Å². The number of ether oxygens (including phenoxy) is 1. The van der Waals surface area contributed by atoms with Crippen molar-refractivity contribution in [2.75, 3.05) is 13.2 Å². The molecule has 88 valence electrons. The number of esters is 1. The van der Waals surface area contributed by atoms with Gasteiger partial charge in [-0.05, 0) is 18.6 Å². The highest BCUT2D eigenvalue weighted by Gasteiger charge is 2.01. The van der Waals surface area contributed by atoms with Crippen LogP contribution in [0.1, 0.15) is 25.5 Å². The molecule has 0 saturated carbocycles. The molecule has 1 rings (SSSR count). The monoisotopic (exact) mass is 222 g/mol. The van der Waals surface area contributed by atoms with Gasteiger partial charge in [0.05, 0.1) is 18.8 Å². The minimum absolute atomic E-state index is 0.204. The molecular weight excluding hydrogens is 204 g/mol. The van der Waals surface area contributed by atoms with Crippen molar-refractivity contribution in [1.29, 1.82) is 0 Å². The molecule has 0 unspecified atom stereocenters. The lowest BCUT2D eigenvalue weighted by Crippen LogP contribution is -2.24. The van der Waals surface area contributed by atoms with Crippen LogP contribution in [0.15, 0.2) is 24.4 Å². The Morgan fingerprint density at radius 2 is 2.38 bits per heavy atom. The molecule has 1 heterocycles. The van der Waals surface area contributed by atoms with Gasteiger partial charge in [-0.25, -0.2) is 0 Å². The van der Waals surface area contributed by atoms with Crippen molar-refractivity contribution >= 4 is 5.97 Å². The maximum absolute atomic E-state index is 11.2. The first-order chi connectivity index (χ1) is 7.83. The molecule has 1 aromatic rings. The number of nitrogens with one attached hydrogen (secondary N) is 1. The molecule has 0 spiro atoms. The maximum Gasteiger partial charge on any atom is 0.319 e. The Balaban J connectivity index is 2.09. The molecule has 0 aliphatic heterocycles. The molecule has 0 fully saturated rings. The maximum atomic E-state index is 11.2. The van der Waals surface area contributed by atoms with Gasteiger partial charge in [0.2, 0.25) is 0 Å². The van der Waals surface area contributed by atoms with Crippen molar-refractivity contribution in [3.63, 3.8) is 0 Å². The average molecular weight is 222 g/mol. The van der Waals surface area contributed by atoms with Gasteiger partial charge in [-0.15, -0.1) is 0 Å². The molecule has 0 amide bonds. The van der Waals surface area contributed by atoms with Crippen molar-refractivity contribution in [3.05, 3.63) is 30.1 Å². The highest BCUT2D eigenvalue weighted by molar-refractivity contribution is 5.71. The zero-order valence-corrected chi connectivity index (χ0v) is 9.61. The van der Waals surface area contributed by atoms with E-state index in [1.807, 2.05) is 18.2 Å². The molecule has 0 saturated heterocycles. The second-order valence-corrected chi connectivity index (χ2v) is 3.50. The first kappa shape index (κ1) is 12.6. The summed E-state index contributed by atoms with van der Waals surface area (Å²) in [5.41, 5.74) is 0.920. The lowest BCUT2D eigenvalue weighted by atomic mass is 10.3. The fraction of sp³-hybridized carbons (Fsp3) is 0.500. The van der Waals surface area contributed by atoms with Crippen molar-refractivity contribution in [2.45, 2.75) is 26.3 Å². The smallest absolute Gasteiger partial charge is 0.319 e. The molecule has 0 aromatic carbocycles. The summed E-state index contributed by atoms with van der Waals surface area (Å²) in [6.45, 7) is 3.40. The lowest BCUT2D eigenvalue weighted by Gasteiger charge is -2.05. The van der Waals surface area contributed by atoms with E-state index in [0.717, 1.165) is 18.5 Å². The quantitative estimate of drug-likeness (QED) is 0.561. The Morgan fingerprint density at radius 3 is 3.06 bits per heavy atom. The van der Waals surface area contributed by atoms with Crippen LogP contribution in [-0.2, 0) is 16.1 Å². The number of hydrogen-bond acceptors (Lipinski definition) is 4.